The normalized spacial score (nSPS) is 12.4. The van der Waals surface area contributed by atoms with E-state index in [1.165, 1.54) is 0 Å². The molecule has 0 saturated heterocycles. The molecule has 1 atom stereocenters. The predicted octanol–water partition coefficient (Wildman–Crippen LogP) is 2.45. The summed E-state index contributed by atoms with van der Waals surface area (Å²) in [5.74, 6) is -3.98. The van der Waals surface area contributed by atoms with Crippen molar-refractivity contribution in [3.05, 3.63) is 0 Å². The van der Waals surface area contributed by atoms with Gasteiger partial charge in [0.25, 0.3) is 0 Å². The lowest BCUT2D eigenvalue weighted by Gasteiger charge is -2.20. The Morgan fingerprint density at radius 1 is 1.08 bits per heavy atom. The van der Waals surface area contributed by atoms with E-state index in [4.69, 9.17) is 9.84 Å². The standard InChI is InChI=1S/C15H24O8S/c1-9(2)13(19)21-8-22-14(20)24-7-10(12(17)18)6-11(16)23-15(3,4)5/h9-10H,6-8H2,1-5H3,(H,17,18)/t10-/m0/s1. The molecule has 1 N–H and O–H groups in total. The number of aliphatic carboxylic acids is 1. The van der Waals surface area contributed by atoms with Gasteiger partial charge in [-0.15, -0.1) is 0 Å². The van der Waals surface area contributed by atoms with Crippen molar-refractivity contribution in [2.75, 3.05) is 12.5 Å². The number of ether oxygens (including phenoxy) is 3. The predicted molar refractivity (Wildman–Crippen MR) is 86.3 cm³/mol. The fraction of sp³-hybridized carbons (Fsp3) is 0.733. The zero-order chi connectivity index (χ0) is 18.9. The van der Waals surface area contributed by atoms with E-state index in [1.54, 1.807) is 34.6 Å². The lowest BCUT2D eigenvalue weighted by atomic mass is 10.1. The van der Waals surface area contributed by atoms with E-state index in [2.05, 4.69) is 9.47 Å². The molecule has 0 heterocycles. The zero-order valence-electron chi connectivity index (χ0n) is 14.5. The maximum absolute atomic E-state index is 11.7. The molecule has 0 fully saturated rings. The number of hydrogen-bond donors (Lipinski definition) is 1. The molecule has 0 aliphatic heterocycles. The van der Waals surface area contributed by atoms with Crippen LogP contribution in [-0.4, -0.2) is 46.5 Å². The van der Waals surface area contributed by atoms with E-state index in [0.29, 0.717) is 11.8 Å². The zero-order valence-corrected chi connectivity index (χ0v) is 15.3. The van der Waals surface area contributed by atoms with Crippen LogP contribution in [0.15, 0.2) is 0 Å². The van der Waals surface area contributed by atoms with Crippen molar-refractivity contribution in [2.45, 2.75) is 46.6 Å². The Hall–Kier alpha value is -1.77. The summed E-state index contributed by atoms with van der Waals surface area (Å²) >= 11 is 0.592. The molecule has 0 amide bonds. The third-order valence-electron chi connectivity index (χ3n) is 2.43. The van der Waals surface area contributed by atoms with Gasteiger partial charge in [0.15, 0.2) is 0 Å². The molecule has 0 spiro atoms. The minimum Gasteiger partial charge on any atom is -0.481 e. The quantitative estimate of drug-likeness (QED) is 0.512. The summed E-state index contributed by atoms with van der Waals surface area (Å²) in [6.45, 7) is 7.74. The summed E-state index contributed by atoms with van der Waals surface area (Å²) in [5, 5.41) is 8.31. The molecule has 0 saturated carbocycles. The van der Waals surface area contributed by atoms with E-state index >= 15 is 0 Å². The van der Waals surface area contributed by atoms with Crippen LogP contribution in [0.3, 0.4) is 0 Å². The monoisotopic (exact) mass is 364 g/mol. The van der Waals surface area contributed by atoms with Crippen LogP contribution in [0, 0.1) is 11.8 Å². The van der Waals surface area contributed by atoms with Crippen LogP contribution < -0.4 is 0 Å². The number of carbonyl (C=O) groups is 4. The van der Waals surface area contributed by atoms with Crippen LogP contribution in [-0.2, 0) is 28.6 Å². The van der Waals surface area contributed by atoms with Crippen LogP contribution in [0.1, 0.15) is 41.0 Å². The highest BCUT2D eigenvalue weighted by molar-refractivity contribution is 8.13. The SMILES string of the molecule is CC(C)C(=O)OCOC(=O)SC[C@H](CC(=O)OC(C)(C)C)C(=O)O. The van der Waals surface area contributed by atoms with Gasteiger partial charge >= 0.3 is 23.2 Å². The van der Waals surface area contributed by atoms with Crippen molar-refractivity contribution in [3.63, 3.8) is 0 Å². The van der Waals surface area contributed by atoms with Gasteiger partial charge in [0.2, 0.25) is 6.79 Å². The highest BCUT2D eigenvalue weighted by atomic mass is 32.2. The maximum atomic E-state index is 11.7. The first-order valence-corrected chi connectivity index (χ1v) is 8.31. The Labute approximate surface area is 145 Å². The second-order valence-electron chi connectivity index (χ2n) is 6.27. The fourth-order valence-electron chi connectivity index (χ4n) is 1.31. The Morgan fingerprint density at radius 2 is 1.67 bits per heavy atom. The summed E-state index contributed by atoms with van der Waals surface area (Å²) in [7, 11) is 0. The van der Waals surface area contributed by atoms with Gasteiger partial charge < -0.3 is 19.3 Å². The van der Waals surface area contributed by atoms with E-state index in [9.17, 15) is 19.2 Å². The van der Waals surface area contributed by atoms with E-state index in [1.807, 2.05) is 0 Å². The van der Waals surface area contributed by atoms with Crippen molar-refractivity contribution >= 4 is 35.0 Å². The van der Waals surface area contributed by atoms with Gasteiger partial charge in [0.05, 0.1) is 18.3 Å². The second-order valence-corrected chi connectivity index (χ2v) is 7.22. The number of rotatable bonds is 8. The first kappa shape index (κ1) is 22.2. The molecule has 8 nitrogen and oxygen atoms in total. The Bertz CT molecular complexity index is 467. The molecule has 0 aromatic rings. The summed E-state index contributed by atoms with van der Waals surface area (Å²) in [5.41, 5.74) is -0.716. The van der Waals surface area contributed by atoms with Gasteiger partial charge in [-0.25, -0.2) is 4.79 Å². The molecular formula is C15H24O8S. The van der Waals surface area contributed by atoms with Gasteiger partial charge in [-0.05, 0) is 32.5 Å². The maximum Gasteiger partial charge on any atom is 0.370 e. The van der Waals surface area contributed by atoms with Crippen molar-refractivity contribution in [1.82, 2.24) is 0 Å². The number of hydrogen-bond acceptors (Lipinski definition) is 8. The van der Waals surface area contributed by atoms with Crippen molar-refractivity contribution in [3.8, 4) is 0 Å². The molecular weight excluding hydrogens is 340 g/mol. The van der Waals surface area contributed by atoms with Crippen molar-refractivity contribution in [1.29, 1.82) is 0 Å². The van der Waals surface area contributed by atoms with Crippen LogP contribution in [0.2, 0.25) is 0 Å². The third-order valence-corrected chi connectivity index (χ3v) is 3.36. The first-order valence-electron chi connectivity index (χ1n) is 7.33. The summed E-state index contributed by atoms with van der Waals surface area (Å²) in [6.07, 6.45) is -0.352. The Kier molecular flexibility index (Phi) is 9.42. The van der Waals surface area contributed by atoms with Crippen molar-refractivity contribution in [2.24, 2.45) is 11.8 Å². The minimum atomic E-state index is -1.22. The highest BCUT2D eigenvalue weighted by Gasteiger charge is 2.26. The second kappa shape index (κ2) is 10.2. The molecule has 0 rings (SSSR count). The molecule has 0 bridgehead atoms. The number of carbonyl (C=O) groups excluding carboxylic acids is 3. The van der Waals surface area contributed by atoms with Gasteiger partial charge in [-0.1, -0.05) is 13.8 Å². The topological polar surface area (TPSA) is 116 Å². The summed E-state index contributed by atoms with van der Waals surface area (Å²) < 4.78 is 14.4. The van der Waals surface area contributed by atoms with Gasteiger partial charge in [-0.2, -0.15) is 0 Å². The minimum absolute atomic E-state index is 0.161. The van der Waals surface area contributed by atoms with E-state index < -0.39 is 41.5 Å². The molecule has 24 heavy (non-hydrogen) atoms. The Balaban J connectivity index is 4.25. The number of thioether (sulfide) groups is 1. The van der Waals surface area contributed by atoms with Gasteiger partial charge in [0, 0.05) is 5.75 Å². The number of carboxylic acids is 1. The summed E-state index contributed by atoms with van der Waals surface area (Å²) in [4.78, 5) is 45.5. The van der Waals surface area contributed by atoms with Crippen LogP contribution >= 0.6 is 11.8 Å². The summed E-state index contributed by atoms with van der Waals surface area (Å²) in [6, 6.07) is 0. The van der Waals surface area contributed by atoms with E-state index in [-0.39, 0.29) is 18.1 Å². The number of carboxylic acid groups (broad SMARTS) is 1. The molecule has 0 radical (unpaired) electrons. The van der Waals surface area contributed by atoms with Gasteiger partial charge in [0.1, 0.15) is 5.60 Å². The lowest BCUT2D eigenvalue weighted by Crippen LogP contribution is -2.28. The third kappa shape index (κ3) is 10.9. The molecule has 0 aliphatic carbocycles. The largest absolute Gasteiger partial charge is 0.481 e. The first-order chi connectivity index (χ1) is 10.9. The average Bonchev–Trinajstić information content (AvgIpc) is 2.40. The van der Waals surface area contributed by atoms with Crippen LogP contribution in [0.5, 0.6) is 0 Å². The lowest BCUT2D eigenvalue weighted by molar-refractivity contribution is -0.159. The Morgan fingerprint density at radius 3 is 2.12 bits per heavy atom. The number of esters is 2. The molecule has 0 aromatic heterocycles. The molecule has 0 unspecified atom stereocenters. The molecule has 138 valence electrons. The molecule has 0 aliphatic rings. The van der Waals surface area contributed by atoms with Crippen molar-refractivity contribution < 1.29 is 38.5 Å². The van der Waals surface area contributed by atoms with Gasteiger partial charge in [-0.3, -0.25) is 14.4 Å². The van der Waals surface area contributed by atoms with Crippen LogP contribution in [0.4, 0.5) is 4.79 Å². The average molecular weight is 364 g/mol. The van der Waals surface area contributed by atoms with Crippen LogP contribution in [0.25, 0.3) is 0 Å². The van der Waals surface area contributed by atoms with E-state index in [0.717, 1.165) is 0 Å². The molecule has 9 heteroatoms. The molecule has 0 aromatic carbocycles. The smallest absolute Gasteiger partial charge is 0.370 e. The fourth-order valence-corrected chi connectivity index (χ4v) is 2.04. The highest BCUT2D eigenvalue weighted by Crippen LogP contribution is 2.18.